The smallest absolute Gasteiger partial charge is 0.221 e. The molecule has 0 aliphatic carbocycles. The van der Waals surface area contributed by atoms with E-state index >= 15 is 0 Å². The Morgan fingerprint density at radius 1 is 1.21 bits per heavy atom. The van der Waals surface area contributed by atoms with E-state index in [4.69, 9.17) is 9.84 Å². The zero-order valence-corrected chi connectivity index (χ0v) is 14.1. The van der Waals surface area contributed by atoms with E-state index in [1.54, 1.807) is 24.3 Å². The summed E-state index contributed by atoms with van der Waals surface area (Å²) in [5.74, 6) is 0.550. The van der Waals surface area contributed by atoms with Gasteiger partial charge >= 0.3 is 0 Å². The average Bonchev–Trinajstić information content (AvgIpc) is 2.56. The molecule has 1 amide bonds. The van der Waals surface area contributed by atoms with Gasteiger partial charge in [-0.1, -0.05) is 0 Å². The number of carbonyl (C=O) groups is 1. The van der Waals surface area contributed by atoms with Crippen molar-refractivity contribution in [2.75, 3.05) is 57.8 Å². The Hall–Kier alpha value is -1.67. The number of piperazine rings is 1. The van der Waals surface area contributed by atoms with E-state index in [0.29, 0.717) is 18.8 Å². The molecule has 1 aromatic rings. The maximum atomic E-state index is 11.0. The predicted octanol–water partition coefficient (Wildman–Crippen LogP) is -0.00540. The molecule has 2 rings (SSSR count). The topological polar surface area (TPSA) is 85.3 Å². The summed E-state index contributed by atoms with van der Waals surface area (Å²) in [6.45, 7) is 6.80. The van der Waals surface area contributed by atoms with Crippen molar-refractivity contribution in [2.45, 2.75) is 13.0 Å². The Balaban J connectivity index is 1.67. The third-order valence-electron chi connectivity index (χ3n) is 3.97. The molecule has 1 heterocycles. The van der Waals surface area contributed by atoms with E-state index in [1.165, 1.54) is 6.92 Å². The number of aliphatic hydroxyl groups excluding tert-OH is 2. The molecule has 1 atom stereocenters. The fourth-order valence-electron chi connectivity index (χ4n) is 2.72. The Bertz CT molecular complexity index is 501. The van der Waals surface area contributed by atoms with Gasteiger partial charge in [-0.2, -0.15) is 0 Å². The van der Waals surface area contributed by atoms with Gasteiger partial charge in [0.25, 0.3) is 0 Å². The first-order chi connectivity index (χ1) is 11.6. The van der Waals surface area contributed by atoms with E-state index in [1.807, 2.05) is 0 Å². The standard InChI is InChI=1S/C17H27N3O4/c1-14(22)18-15-2-4-17(5-3-15)24-13-16(23)12-20-8-6-19(7-9-20)10-11-21/h2-5,16,21,23H,6-13H2,1H3,(H,18,22). The molecule has 0 aromatic heterocycles. The van der Waals surface area contributed by atoms with Crippen LogP contribution in [0, 0.1) is 0 Å². The van der Waals surface area contributed by atoms with Gasteiger partial charge in [-0.05, 0) is 24.3 Å². The van der Waals surface area contributed by atoms with E-state index in [0.717, 1.165) is 31.9 Å². The van der Waals surface area contributed by atoms with Crippen LogP contribution in [0.5, 0.6) is 5.75 Å². The van der Waals surface area contributed by atoms with Crippen molar-refractivity contribution in [3.63, 3.8) is 0 Å². The highest BCUT2D eigenvalue weighted by molar-refractivity contribution is 5.88. The third-order valence-corrected chi connectivity index (χ3v) is 3.97. The molecule has 1 aliphatic rings. The molecule has 1 fully saturated rings. The van der Waals surface area contributed by atoms with Crippen molar-refractivity contribution in [3.8, 4) is 5.75 Å². The van der Waals surface area contributed by atoms with Gasteiger partial charge in [0.15, 0.2) is 0 Å². The highest BCUT2D eigenvalue weighted by Crippen LogP contribution is 2.16. The molecule has 0 spiro atoms. The number of nitrogens with zero attached hydrogens (tertiary/aromatic N) is 2. The zero-order valence-electron chi connectivity index (χ0n) is 14.1. The van der Waals surface area contributed by atoms with Crippen LogP contribution in [0.15, 0.2) is 24.3 Å². The maximum absolute atomic E-state index is 11.0. The molecule has 0 bridgehead atoms. The highest BCUT2D eigenvalue weighted by atomic mass is 16.5. The van der Waals surface area contributed by atoms with Gasteiger partial charge in [-0.3, -0.25) is 14.6 Å². The van der Waals surface area contributed by atoms with Gasteiger partial charge < -0.3 is 20.3 Å². The second-order valence-corrected chi connectivity index (χ2v) is 6.04. The third kappa shape index (κ3) is 6.45. The van der Waals surface area contributed by atoms with Crippen LogP contribution >= 0.6 is 0 Å². The molecule has 7 heteroatoms. The van der Waals surface area contributed by atoms with Gasteiger partial charge in [0.05, 0.1) is 6.61 Å². The van der Waals surface area contributed by atoms with Crippen LogP contribution in [0.25, 0.3) is 0 Å². The molecule has 1 aliphatic heterocycles. The van der Waals surface area contributed by atoms with Crippen LogP contribution in [0.3, 0.4) is 0 Å². The summed E-state index contributed by atoms with van der Waals surface area (Å²) in [5.41, 5.74) is 0.719. The number of benzene rings is 1. The maximum Gasteiger partial charge on any atom is 0.221 e. The lowest BCUT2D eigenvalue weighted by Gasteiger charge is -2.35. The Morgan fingerprint density at radius 3 is 2.42 bits per heavy atom. The van der Waals surface area contributed by atoms with E-state index < -0.39 is 6.10 Å². The van der Waals surface area contributed by atoms with Gasteiger partial charge in [-0.25, -0.2) is 0 Å². The van der Waals surface area contributed by atoms with Crippen LogP contribution < -0.4 is 10.1 Å². The number of anilines is 1. The molecule has 1 unspecified atom stereocenters. The number of amides is 1. The largest absolute Gasteiger partial charge is 0.491 e. The van der Waals surface area contributed by atoms with Gasteiger partial charge in [-0.15, -0.1) is 0 Å². The van der Waals surface area contributed by atoms with Gasteiger partial charge in [0.2, 0.25) is 5.91 Å². The molecule has 1 aromatic carbocycles. The van der Waals surface area contributed by atoms with E-state index in [9.17, 15) is 9.90 Å². The van der Waals surface area contributed by atoms with Crippen LogP contribution in [0.4, 0.5) is 5.69 Å². The summed E-state index contributed by atoms with van der Waals surface area (Å²) >= 11 is 0. The lowest BCUT2D eigenvalue weighted by molar-refractivity contribution is -0.114. The summed E-state index contributed by atoms with van der Waals surface area (Å²) in [5, 5.41) is 21.8. The molecule has 1 saturated heterocycles. The minimum absolute atomic E-state index is 0.113. The molecule has 134 valence electrons. The minimum atomic E-state index is -0.551. The predicted molar refractivity (Wildman–Crippen MR) is 92.2 cm³/mol. The minimum Gasteiger partial charge on any atom is -0.491 e. The molecular formula is C17H27N3O4. The molecule has 24 heavy (non-hydrogen) atoms. The Morgan fingerprint density at radius 2 is 1.83 bits per heavy atom. The first-order valence-electron chi connectivity index (χ1n) is 8.31. The lowest BCUT2D eigenvalue weighted by Crippen LogP contribution is -2.49. The van der Waals surface area contributed by atoms with Crippen molar-refractivity contribution in [1.82, 2.24) is 9.80 Å². The highest BCUT2D eigenvalue weighted by Gasteiger charge is 2.19. The number of β-amino-alcohol motifs (C(OH)–C–C–N with tert-alkyl or cyclic N) is 2. The molecule has 0 radical (unpaired) electrons. The molecular weight excluding hydrogens is 310 g/mol. The number of rotatable bonds is 8. The molecule has 3 N–H and O–H groups in total. The van der Waals surface area contributed by atoms with Crippen molar-refractivity contribution < 1.29 is 19.7 Å². The molecule has 7 nitrogen and oxygen atoms in total. The van der Waals surface area contributed by atoms with Gasteiger partial charge in [0.1, 0.15) is 18.5 Å². The quantitative estimate of drug-likeness (QED) is 0.619. The summed E-state index contributed by atoms with van der Waals surface area (Å²) < 4.78 is 5.60. The monoisotopic (exact) mass is 337 g/mol. The first-order valence-corrected chi connectivity index (χ1v) is 8.31. The van der Waals surface area contributed by atoms with E-state index in [-0.39, 0.29) is 19.1 Å². The normalized spacial score (nSPS) is 17.5. The number of nitrogens with one attached hydrogen (secondary N) is 1. The van der Waals surface area contributed by atoms with Crippen LogP contribution in [0.1, 0.15) is 6.92 Å². The summed E-state index contributed by atoms with van der Waals surface area (Å²) in [6.07, 6.45) is -0.551. The number of carbonyl (C=O) groups excluding carboxylic acids is 1. The van der Waals surface area contributed by atoms with Crippen molar-refractivity contribution >= 4 is 11.6 Å². The van der Waals surface area contributed by atoms with Crippen molar-refractivity contribution in [2.24, 2.45) is 0 Å². The van der Waals surface area contributed by atoms with Crippen LogP contribution in [0.2, 0.25) is 0 Å². The van der Waals surface area contributed by atoms with Crippen LogP contribution in [-0.4, -0.2) is 84.5 Å². The fourth-order valence-corrected chi connectivity index (χ4v) is 2.72. The first kappa shape index (κ1) is 18.7. The SMILES string of the molecule is CC(=O)Nc1ccc(OCC(O)CN2CCN(CCO)CC2)cc1. The number of hydrogen-bond donors (Lipinski definition) is 3. The Kier molecular flexibility index (Phi) is 7.45. The zero-order chi connectivity index (χ0) is 17.4. The fraction of sp³-hybridized carbons (Fsp3) is 0.588. The van der Waals surface area contributed by atoms with Crippen molar-refractivity contribution in [3.05, 3.63) is 24.3 Å². The molecule has 0 saturated carbocycles. The summed E-state index contributed by atoms with van der Waals surface area (Å²) in [4.78, 5) is 15.4. The van der Waals surface area contributed by atoms with Crippen LogP contribution in [-0.2, 0) is 4.79 Å². The second kappa shape index (κ2) is 9.58. The second-order valence-electron chi connectivity index (χ2n) is 6.04. The van der Waals surface area contributed by atoms with Gasteiger partial charge in [0, 0.05) is 51.9 Å². The summed E-state index contributed by atoms with van der Waals surface area (Å²) in [6, 6.07) is 7.07. The van der Waals surface area contributed by atoms with E-state index in [2.05, 4.69) is 15.1 Å². The summed E-state index contributed by atoms with van der Waals surface area (Å²) in [7, 11) is 0. The lowest BCUT2D eigenvalue weighted by atomic mass is 10.2. The number of aliphatic hydroxyl groups is 2. The Labute approximate surface area is 142 Å². The number of ether oxygens (including phenoxy) is 1. The van der Waals surface area contributed by atoms with Crippen molar-refractivity contribution in [1.29, 1.82) is 0 Å². The number of hydrogen-bond acceptors (Lipinski definition) is 6. The average molecular weight is 337 g/mol.